The summed E-state index contributed by atoms with van der Waals surface area (Å²) in [5.74, 6) is 1.67. The summed E-state index contributed by atoms with van der Waals surface area (Å²) >= 11 is 4.10. The van der Waals surface area contributed by atoms with Crippen molar-refractivity contribution in [3.63, 3.8) is 0 Å². The van der Waals surface area contributed by atoms with Gasteiger partial charge in [-0.25, -0.2) is 0 Å². The molecule has 3 rings (SSSR count). The van der Waals surface area contributed by atoms with Crippen LogP contribution in [0.2, 0.25) is 0 Å². The van der Waals surface area contributed by atoms with Crippen LogP contribution in [0, 0.1) is 11.3 Å². The van der Waals surface area contributed by atoms with Crippen LogP contribution < -0.4 is 0 Å². The van der Waals surface area contributed by atoms with Crippen molar-refractivity contribution >= 4 is 35.3 Å². The maximum absolute atomic E-state index is 12.6. The Morgan fingerprint density at radius 1 is 1.30 bits per heavy atom. The first kappa shape index (κ1) is 17.2. The number of carbonyl (C=O) groups is 2. The van der Waals surface area contributed by atoms with Gasteiger partial charge in [-0.3, -0.25) is 9.59 Å². The molecule has 0 aromatic rings. The van der Waals surface area contributed by atoms with Crippen molar-refractivity contribution in [3.8, 4) is 0 Å². The average molecular weight is 353 g/mol. The Kier molecular flexibility index (Phi) is 4.47. The molecule has 0 aromatic carbocycles. The first-order valence-electron chi connectivity index (χ1n) is 8.15. The molecule has 0 aromatic heterocycles. The number of ether oxygens (including phenoxy) is 1. The summed E-state index contributed by atoms with van der Waals surface area (Å²) in [6, 6.07) is 0. The van der Waals surface area contributed by atoms with Gasteiger partial charge in [-0.05, 0) is 43.3 Å². The first-order chi connectivity index (χ1) is 10.8. The monoisotopic (exact) mass is 352 g/mol. The molecule has 2 atom stereocenters. The van der Waals surface area contributed by atoms with Gasteiger partial charge >= 0.3 is 5.97 Å². The fraction of sp³-hybridized carbons (Fsp3) is 0.667. The lowest BCUT2D eigenvalue weighted by Gasteiger charge is -2.46. The van der Waals surface area contributed by atoms with E-state index in [-0.39, 0.29) is 21.2 Å². The fourth-order valence-corrected chi connectivity index (χ4v) is 7.37. The van der Waals surface area contributed by atoms with E-state index in [0.29, 0.717) is 12.0 Å². The minimum absolute atomic E-state index is 0.0739. The molecule has 1 saturated heterocycles. The third kappa shape index (κ3) is 2.70. The summed E-state index contributed by atoms with van der Waals surface area (Å²) in [4.78, 5) is 24.5. The molecule has 1 heterocycles. The number of ketones is 1. The number of hydrogen-bond donors (Lipinski definition) is 0. The van der Waals surface area contributed by atoms with E-state index in [2.05, 4.69) is 13.8 Å². The van der Waals surface area contributed by atoms with Crippen LogP contribution in [0.15, 0.2) is 22.8 Å². The number of fused-ring (bicyclic) bond motifs is 1. The molecule has 5 heteroatoms. The van der Waals surface area contributed by atoms with Gasteiger partial charge < -0.3 is 4.74 Å². The average Bonchev–Trinajstić information content (AvgIpc) is 3.00. The molecule has 0 bridgehead atoms. The standard InChI is InChI=1S/C18H24O3S2/c1-11(16(20)21-4)13-9-14-12(2)18(22-7-8-23-18)6-5-17(14,3)10-15(13)19/h9,11H,5-8,10H2,1-4H3/t11-,17+/m0/s1. The van der Waals surface area contributed by atoms with E-state index < -0.39 is 5.92 Å². The van der Waals surface area contributed by atoms with Gasteiger partial charge in [-0.2, -0.15) is 0 Å². The van der Waals surface area contributed by atoms with Crippen molar-refractivity contribution < 1.29 is 14.3 Å². The van der Waals surface area contributed by atoms with Gasteiger partial charge in [-0.15, -0.1) is 23.5 Å². The summed E-state index contributed by atoms with van der Waals surface area (Å²) in [6.45, 7) is 6.20. The van der Waals surface area contributed by atoms with Crippen molar-refractivity contribution in [2.45, 2.75) is 44.1 Å². The maximum Gasteiger partial charge on any atom is 0.312 e. The Labute approximate surface area is 146 Å². The zero-order chi connectivity index (χ0) is 16.8. The summed E-state index contributed by atoms with van der Waals surface area (Å²) in [7, 11) is 1.38. The third-order valence-electron chi connectivity index (χ3n) is 5.58. The zero-order valence-corrected chi connectivity index (χ0v) is 15.9. The lowest BCUT2D eigenvalue weighted by atomic mass is 9.63. The fourth-order valence-electron chi connectivity index (χ4n) is 4.06. The van der Waals surface area contributed by atoms with E-state index in [4.69, 9.17) is 4.74 Å². The molecule has 3 aliphatic rings. The molecule has 2 aliphatic carbocycles. The topological polar surface area (TPSA) is 43.4 Å². The Hall–Kier alpha value is -0.680. The summed E-state index contributed by atoms with van der Waals surface area (Å²) in [5.41, 5.74) is 3.24. The minimum Gasteiger partial charge on any atom is -0.469 e. The Bertz CT molecular complexity index is 614. The van der Waals surface area contributed by atoms with Crippen LogP contribution in [0.4, 0.5) is 0 Å². The van der Waals surface area contributed by atoms with Crippen LogP contribution >= 0.6 is 23.5 Å². The van der Waals surface area contributed by atoms with E-state index in [9.17, 15) is 9.59 Å². The second-order valence-electron chi connectivity index (χ2n) is 6.99. The number of esters is 1. The van der Waals surface area contributed by atoms with E-state index in [1.54, 1.807) is 6.92 Å². The predicted molar refractivity (Wildman–Crippen MR) is 96.6 cm³/mol. The van der Waals surface area contributed by atoms with Crippen LogP contribution in [-0.4, -0.2) is 34.4 Å². The van der Waals surface area contributed by atoms with Gasteiger partial charge in [-0.1, -0.05) is 13.0 Å². The smallest absolute Gasteiger partial charge is 0.312 e. The minimum atomic E-state index is -0.487. The number of allylic oxidation sites excluding steroid dienone is 2. The van der Waals surface area contributed by atoms with Crippen LogP contribution in [0.3, 0.4) is 0 Å². The zero-order valence-electron chi connectivity index (χ0n) is 14.2. The molecule has 0 amide bonds. The highest BCUT2D eigenvalue weighted by Gasteiger charge is 2.49. The predicted octanol–water partition coefficient (Wildman–Crippen LogP) is 3.99. The second-order valence-corrected chi connectivity index (χ2v) is 10.0. The molecule has 23 heavy (non-hydrogen) atoms. The summed E-state index contributed by atoms with van der Waals surface area (Å²) in [5, 5.41) is 0. The van der Waals surface area contributed by atoms with Crippen LogP contribution in [0.5, 0.6) is 0 Å². The lowest BCUT2D eigenvalue weighted by molar-refractivity contribution is -0.144. The number of Topliss-reactive ketones (excluding diaryl/α,β-unsaturated/α-hetero) is 1. The van der Waals surface area contributed by atoms with Gasteiger partial charge in [0.2, 0.25) is 0 Å². The van der Waals surface area contributed by atoms with Crippen molar-refractivity contribution in [2.24, 2.45) is 11.3 Å². The molecular formula is C18H24O3S2. The number of thioether (sulfide) groups is 2. The first-order valence-corrected chi connectivity index (χ1v) is 10.1. The normalized spacial score (nSPS) is 31.0. The SMILES string of the molecule is COC(=O)[C@@H](C)C1=CC2=C(C)C3(CC[C@]2(C)CC1=O)SCCS3. The lowest BCUT2D eigenvalue weighted by Crippen LogP contribution is -2.39. The summed E-state index contributed by atoms with van der Waals surface area (Å²) in [6.07, 6.45) is 4.71. The van der Waals surface area contributed by atoms with E-state index >= 15 is 0 Å². The number of hydrogen-bond acceptors (Lipinski definition) is 5. The van der Waals surface area contributed by atoms with Crippen LogP contribution in [0.1, 0.15) is 40.0 Å². The molecule has 0 radical (unpaired) electrons. The van der Waals surface area contributed by atoms with E-state index in [1.165, 1.54) is 29.8 Å². The Balaban J connectivity index is 2.08. The van der Waals surface area contributed by atoms with Crippen molar-refractivity contribution in [3.05, 3.63) is 22.8 Å². The summed E-state index contributed by atoms with van der Waals surface area (Å²) < 4.78 is 5.02. The van der Waals surface area contributed by atoms with Crippen molar-refractivity contribution in [1.29, 1.82) is 0 Å². The van der Waals surface area contributed by atoms with Gasteiger partial charge in [0, 0.05) is 23.5 Å². The van der Waals surface area contributed by atoms with Crippen LogP contribution in [0.25, 0.3) is 0 Å². The number of methoxy groups -OCH3 is 1. The molecule has 126 valence electrons. The van der Waals surface area contributed by atoms with Gasteiger partial charge in [0.1, 0.15) is 0 Å². The number of rotatable bonds is 2. The molecule has 1 spiro atoms. The molecule has 0 saturated carbocycles. The largest absolute Gasteiger partial charge is 0.469 e. The molecule has 0 N–H and O–H groups in total. The van der Waals surface area contributed by atoms with Crippen molar-refractivity contribution in [1.82, 2.24) is 0 Å². The van der Waals surface area contributed by atoms with Gasteiger partial charge in [0.05, 0.1) is 17.1 Å². The quantitative estimate of drug-likeness (QED) is 0.703. The molecule has 3 nitrogen and oxygen atoms in total. The Morgan fingerprint density at radius 3 is 2.57 bits per heavy atom. The molecular weight excluding hydrogens is 328 g/mol. The van der Waals surface area contributed by atoms with E-state index in [0.717, 1.165) is 12.8 Å². The van der Waals surface area contributed by atoms with Gasteiger partial charge in [0.25, 0.3) is 0 Å². The van der Waals surface area contributed by atoms with E-state index in [1.807, 2.05) is 29.6 Å². The van der Waals surface area contributed by atoms with Crippen LogP contribution in [-0.2, 0) is 14.3 Å². The highest BCUT2D eigenvalue weighted by atomic mass is 32.2. The number of carbonyl (C=O) groups excluding carboxylic acids is 2. The Morgan fingerprint density at radius 2 is 1.96 bits per heavy atom. The third-order valence-corrected chi connectivity index (χ3v) is 9.31. The molecule has 0 unspecified atom stereocenters. The second kappa shape index (κ2) is 5.99. The molecule has 1 aliphatic heterocycles. The maximum atomic E-state index is 12.6. The van der Waals surface area contributed by atoms with Gasteiger partial charge in [0.15, 0.2) is 5.78 Å². The van der Waals surface area contributed by atoms with Crippen molar-refractivity contribution in [2.75, 3.05) is 18.6 Å². The highest BCUT2D eigenvalue weighted by Crippen LogP contribution is 2.61. The highest BCUT2D eigenvalue weighted by molar-refractivity contribution is 8.21. The molecule has 1 fully saturated rings.